The summed E-state index contributed by atoms with van der Waals surface area (Å²) < 4.78 is 0. The summed E-state index contributed by atoms with van der Waals surface area (Å²) in [5, 5.41) is 12.2. The molecule has 1 atom stereocenters. The van der Waals surface area contributed by atoms with Crippen molar-refractivity contribution in [3.63, 3.8) is 0 Å². The highest BCUT2D eigenvalue weighted by molar-refractivity contribution is 5.78. The van der Waals surface area contributed by atoms with E-state index in [2.05, 4.69) is 23.5 Å². The standard InChI is InChI=1S/C13H18N2O2/c14-13(17)12(16)8-15-7-9-2-1-3-11(6-9)10-4-5-10/h1-3,6,10,12,15-16H,4-5,7-8H2,(H2,14,17). The van der Waals surface area contributed by atoms with E-state index in [0.29, 0.717) is 6.54 Å². The summed E-state index contributed by atoms with van der Waals surface area (Å²) in [4.78, 5) is 10.6. The second-order valence-electron chi connectivity index (χ2n) is 4.57. The highest BCUT2D eigenvalue weighted by atomic mass is 16.3. The van der Waals surface area contributed by atoms with Gasteiger partial charge in [-0.05, 0) is 29.9 Å². The molecule has 0 bridgehead atoms. The van der Waals surface area contributed by atoms with E-state index >= 15 is 0 Å². The average molecular weight is 234 g/mol. The smallest absolute Gasteiger partial charge is 0.247 e. The van der Waals surface area contributed by atoms with E-state index in [0.717, 1.165) is 5.92 Å². The third-order valence-corrected chi connectivity index (χ3v) is 3.00. The molecular weight excluding hydrogens is 216 g/mol. The molecule has 1 aromatic carbocycles. The summed E-state index contributed by atoms with van der Waals surface area (Å²) in [5.41, 5.74) is 7.52. The first-order valence-electron chi connectivity index (χ1n) is 5.94. The van der Waals surface area contributed by atoms with E-state index in [-0.39, 0.29) is 6.54 Å². The SMILES string of the molecule is NC(=O)C(O)CNCc1cccc(C2CC2)c1. The lowest BCUT2D eigenvalue weighted by Crippen LogP contribution is -2.37. The monoisotopic (exact) mass is 234 g/mol. The number of nitrogens with two attached hydrogens (primary N) is 1. The van der Waals surface area contributed by atoms with Crippen LogP contribution in [-0.2, 0) is 11.3 Å². The van der Waals surface area contributed by atoms with Crippen molar-refractivity contribution in [3.8, 4) is 0 Å². The van der Waals surface area contributed by atoms with Crippen molar-refractivity contribution >= 4 is 5.91 Å². The second kappa shape index (κ2) is 5.29. The van der Waals surface area contributed by atoms with E-state index in [9.17, 15) is 9.90 Å². The first-order chi connectivity index (χ1) is 8.16. The predicted molar refractivity (Wildman–Crippen MR) is 65.3 cm³/mol. The molecule has 4 nitrogen and oxygen atoms in total. The van der Waals surface area contributed by atoms with Crippen LogP contribution in [-0.4, -0.2) is 23.7 Å². The molecule has 0 radical (unpaired) electrons. The van der Waals surface area contributed by atoms with Gasteiger partial charge in [0.2, 0.25) is 5.91 Å². The molecule has 4 N–H and O–H groups in total. The third-order valence-electron chi connectivity index (χ3n) is 3.00. The Morgan fingerprint density at radius 2 is 2.29 bits per heavy atom. The first-order valence-corrected chi connectivity index (χ1v) is 5.94. The van der Waals surface area contributed by atoms with Crippen LogP contribution in [0.5, 0.6) is 0 Å². The van der Waals surface area contributed by atoms with Gasteiger partial charge < -0.3 is 16.2 Å². The van der Waals surface area contributed by atoms with E-state index in [4.69, 9.17) is 5.73 Å². The average Bonchev–Trinajstić information content (AvgIpc) is 3.13. The lowest BCUT2D eigenvalue weighted by atomic mass is 10.1. The van der Waals surface area contributed by atoms with Crippen molar-refractivity contribution in [2.75, 3.05) is 6.54 Å². The Balaban J connectivity index is 1.82. The fourth-order valence-corrected chi connectivity index (χ4v) is 1.83. The molecule has 0 saturated heterocycles. The number of aliphatic hydroxyl groups excluding tert-OH is 1. The normalized spacial score (nSPS) is 16.8. The Kier molecular flexibility index (Phi) is 3.76. The fraction of sp³-hybridized carbons (Fsp3) is 0.462. The van der Waals surface area contributed by atoms with Gasteiger partial charge in [-0.2, -0.15) is 0 Å². The molecule has 0 aliphatic heterocycles. The Morgan fingerprint density at radius 1 is 1.53 bits per heavy atom. The molecule has 17 heavy (non-hydrogen) atoms. The van der Waals surface area contributed by atoms with Crippen LogP contribution in [0, 0.1) is 0 Å². The summed E-state index contributed by atoms with van der Waals surface area (Å²) in [6.45, 7) is 0.841. The van der Waals surface area contributed by atoms with E-state index in [1.807, 2.05) is 6.07 Å². The van der Waals surface area contributed by atoms with E-state index in [1.165, 1.54) is 24.0 Å². The Hall–Kier alpha value is -1.39. The van der Waals surface area contributed by atoms with Gasteiger partial charge in [-0.3, -0.25) is 4.79 Å². The van der Waals surface area contributed by atoms with Crippen molar-refractivity contribution < 1.29 is 9.90 Å². The Morgan fingerprint density at radius 3 is 2.94 bits per heavy atom. The zero-order valence-electron chi connectivity index (χ0n) is 9.73. The molecular formula is C13H18N2O2. The molecule has 1 aliphatic rings. The first kappa shape index (κ1) is 12.1. The van der Waals surface area contributed by atoms with Gasteiger partial charge in [0, 0.05) is 13.1 Å². The zero-order chi connectivity index (χ0) is 12.3. The van der Waals surface area contributed by atoms with E-state index in [1.54, 1.807) is 0 Å². The van der Waals surface area contributed by atoms with Crippen LogP contribution in [0.15, 0.2) is 24.3 Å². The zero-order valence-corrected chi connectivity index (χ0v) is 9.73. The molecule has 1 aromatic rings. The summed E-state index contributed by atoms with van der Waals surface area (Å²) >= 11 is 0. The largest absolute Gasteiger partial charge is 0.382 e. The molecule has 0 heterocycles. The third kappa shape index (κ3) is 3.54. The van der Waals surface area contributed by atoms with E-state index < -0.39 is 12.0 Å². The number of amides is 1. The van der Waals surface area contributed by atoms with Gasteiger partial charge in [-0.15, -0.1) is 0 Å². The number of aliphatic hydroxyl groups is 1. The van der Waals surface area contributed by atoms with Crippen molar-refractivity contribution in [2.45, 2.75) is 31.4 Å². The minimum Gasteiger partial charge on any atom is -0.382 e. The molecule has 2 rings (SSSR count). The van der Waals surface area contributed by atoms with Gasteiger partial charge in [-0.25, -0.2) is 0 Å². The maximum Gasteiger partial charge on any atom is 0.247 e. The number of carbonyl (C=O) groups is 1. The number of hydrogen-bond donors (Lipinski definition) is 3. The van der Waals surface area contributed by atoms with Gasteiger partial charge in [0.25, 0.3) is 0 Å². The van der Waals surface area contributed by atoms with Crippen LogP contribution in [0.2, 0.25) is 0 Å². The number of carbonyl (C=O) groups excluding carboxylic acids is 1. The minimum atomic E-state index is -1.11. The van der Waals surface area contributed by atoms with Gasteiger partial charge in [0.05, 0.1) is 0 Å². The van der Waals surface area contributed by atoms with Gasteiger partial charge in [0.15, 0.2) is 0 Å². The summed E-state index contributed by atoms with van der Waals surface area (Å²) in [6.07, 6.45) is 1.47. The number of primary amides is 1. The van der Waals surface area contributed by atoms with Crippen molar-refractivity contribution in [1.29, 1.82) is 0 Å². The molecule has 92 valence electrons. The molecule has 0 aromatic heterocycles. The summed E-state index contributed by atoms with van der Waals surface area (Å²) in [5.74, 6) is 0.0513. The number of hydrogen-bond acceptors (Lipinski definition) is 3. The maximum atomic E-state index is 10.6. The van der Waals surface area contributed by atoms with Crippen LogP contribution < -0.4 is 11.1 Å². The maximum absolute atomic E-state index is 10.6. The quantitative estimate of drug-likeness (QED) is 0.671. The van der Waals surface area contributed by atoms with Crippen molar-refractivity contribution in [3.05, 3.63) is 35.4 Å². The van der Waals surface area contributed by atoms with Gasteiger partial charge in [-0.1, -0.05) is 24.3 Å². The summed E-state index contributed by atoms with van der Waals surface area (Å²) in [7, 11) is 0. The minimum absolute atomic E-state index is 0.197. The number of rotatable bonds is 6. The van der Waals surface area contributed by atoms with Crippen LogP contribution >= 0.6 is 0 Å². The topological polar surface area (TPSA) is 75.4 Å². The van der Waals surface area contributed by atoms with Crippen molar-refractivity contribution in [2.24, 2.45) is 5.73 Å². The van der Waals surface area contributed by atoms with Crippen molar-refractivity contribution in [1.82, 2.24) is 5.32 Å². The highest BCUT2D eigenvalue weighted by Gasteiger charge is 2.23. The molecule has 1 amide bonds. The Bertz CT molecular complexity index is 402. The van der Waals surface area contributed by atoms with Crippen LogP contribution in [0.3, 0.4) is 0 Å². The van der Waals surface area contributed by atoms with Crippen LogP contribution in [0.4, 0.5) is 0 Å². The lowest BCUT2D eigenvalue weighted by Gasteiger charge is -2.09. The Labute approximate surface area is 101 Å². The molecule has 1 fully saturated rings. The highest BCUT2D eigenvalue weighted by Crippen LogP contribution is 2.40. The summed E-state index contributed by atoms with van der Waals surface area (Å²) in [6, 6.07) is 8.42. The van der Waals surface area contributed by atoms with Gasteiger partial charge in [0.1, 0.15) is 6.10 Å². The fourth-order valence-electron chi connectivity index (χ4n) is 1.83. The molecule has 4 heteroatoms. The molecule has 0 spiro atoms. The second-order valence-corrected chi connectivity index (χ2v) is 4.57. The van der Waals surface area contributed by atoms with Crippen LogP contribution in [0.1, 0.15) is 29.9 Å². The number of benzene rings is 1. The lowest BCUT2D eigenvalue weighted by molar-refractivity contribution is -0.125. The molecule has 1 saturated carbocycles. The van der Waals surface area contributed by atoms with Gasteiger partial charge >= 0.3 is 0 Å². The number of nitrogens with one attached hydrogen (secondary N) is 1. The van der Waals surface area contributed by atoms with Crippen LogP contribution in [0.25, 0.3) is 0 Å². The molecule has 1 aliphatic carbocycles. The predicted octanol–water partition coefficient (Wildman–Crippen LogP) is 0.500. The molecule has 1 unspecified atom stereocenters.